The van der Waals surface area contributed by atoms with E-state index in [-0.39, 0.29) is 12.2 Å². The van der Waals surface area contributed by atoms with Gasteiger partial charge in [0, 0.05) is 5.56 Å². The predicted octanol–water partition coefficient (Wildman–Crippen LogP) is 5.25. The highest BCUT2D eigenvalue weighted by molar-refractivity contribution is 6.39. The van der Waals surface area contributed by atoms with E-state index in [4.69, 9.17) is 9.47 Å². The molecular weight excluding hydrogens is 444 g/mol. The Morgan fingerprint density at radius 3 is 2.49 bits per heavy atom. The number of urea groups is 1. The van der Waals surface area contributed by atoms with Crippen molar-refractivity contribution < 1.29 is 23.9 Å². The van der Waals surface area contributed by atoms with Crippen LogP contribution in [-0.2, 0) is 9.59 Å². The summed E-state index contributed by atoms with van der Waals surface area (Å²) in [6.45, 7) is 6.59. The maximum Gasteiger partial charge on any atom is 0.335 e. The van der Waals surface area contributed by atoms with Crippen molar-refractivity contribution in [2.45, 2.75) is 19.8 Å². The molecule has 4 rings (SSSR count). The molecule has 178 valence electrons. The minimum Gasteiger partial charge on any atom is -0.494 e. The van der Waals surface area contributed by atoms with Crippen LogP contribution in [0.4, 0.5) is 10.5 Å². The molecule has 0 atom stereocenters. The van der Waals surface area contributed by atoms with E-state index in [0.29, 0.717) is 29.4 Å². The van der Waals surface area contributed by atoms with E-state index < -0.39 is 17.8 Å². The van der Waals surface area contributed by atoms with Crippen LogP contribution < -0.4 is 19.7 Å². The second-order valence-electron chi connectivity index (χ2n) is 7.95. The van der Waals surface area contributed by atoms with Crippen molar-refractivity contribution in [3.05, 3.63) is 84.5 Å². The Hall–Kier alpha value is -4.39. The average molecular weight is 471 g/mol. The lowest BCUT2D eigenvalue weighted by Gasteiger charge is -2.26. The number of anilines is 1. The number of hydrogen-bond acceptors (Lipinski definition) is 5. The van der Waals surface area contributed by atoms with E-state index in [0.717, 1.165) is 28.5 Å². The second kappa shape index (κ2) is 10.7. The molecule has 0 unspecified atom stereocenters. The standard InChI is InChI=1S/C28H26N2O5/c1-3-5-17-34-21-13-11-20(12-14-21)30-27(32)24(26(31)29-28(30)33)18-23-22-9-7-6-8-19(22)10-15-25(23)35-16-4-2/h4,6-15,18H,2-3,5,16-17H2,1H3,(H,29,31,33)/b24-18-. The lowest BCUT2D eigenvalue weighted by atomic mass is 9.99. The van der Waals surface area contributed by atoms with Crippen molar-refractivity contribution in [1.29, 1.82) is 0 Å². The van der Waals surface area contributed by atoms with E-state index in [1.54, 1.807) is 36.4 Å². The van der Waals surface area contributed by atoms with Crippen LogP contribution in [0.1, 0.15) is 25.3 Å². The van der Waals surface area contributed by atoms with Gasteiger partial charge in [0.1, 0.15) is 23.7 Å². The molecule has 1 aliphatic heterocycles. The molecule has 3 aromatic rings. The van der Waals surface area contributed by atoms with Gasteiger partial charge in [-0.05, 0) is 53.6 Å². The summed E-state index contributed by atoms with van der Waals surface area (Å²) in [4.78, 5) is 39.7. The number of carbonyl (C=O) groups is 3. The number of rotatable bonds is 9. The Labute approximate surface area is 203 Å². The molecule has 1 aliphatic rings. The van der Waals surface area contributed by atoms with E-state index in [2.05, 4.69) is 18.8 Å². The van der Waals surface area contributed by atoms with Crippen molar-refractivity contribution >= 4 is 40.4 Å². The third-order valence-corrected chi connectivity index (χ3v) is 5.54. The first-order chi connectivity index (χ1) is 17.0. The van der Waals surface area contributed by atoms with Crippen LogP contribution >= 0.6 is 0 Å². The zero-order chi connectivity index (χ0) is 24.8. The topological polar surface area (TPSA) is 84.9 Å². The Bertz CT molecular complexity index is 1310. The quantitative estimate of drug-likeness (QED) is 0.200. The first-order valence-corrected chi connectivity index (χ1v) is 11.4. The Morgan fingerprint density at radius 1 is 0.971 bits per heavy atom. The first kappa shape index (κ1) is 23.8. The smallest absolute Gasteiger partial charge is 0.335 e. The summed E-state index contributed by atoms with van der Waals surface area (Å²) in [5, 5.41) is 3.99. The molecule has 7 nitrogen and oxygen atoms in total. The number of nitrogens with zero attached hydrogens (tertiary/aromatic N) is 1. The summed E-state index contributed by atoms with van der Waals surface area (Å²) in [6.07, 6.45) is 5.03. The third kappa shape index (κ3) is 5.09. The fraction of sp³-hybridized carbons (Fsp3) is 0.179. The van der Waals surface area contributed by atoms with Crippen molar-refractivity contribution in [3.8, 4) is 11.5 Å². The van der Waals surface area contributed by atoms with Gasteiger partial charge in [-0.2, -0.15) is 0 Å². The van der Waals surface area contributed by atoms with Crippen LogP contribution in [0.5, 0.6) is 11.5 Å². The van der Waals surface area contributed by atoms with Gasteiger partial charge in [0.05, 0.1) is 12.3 Å². The highest BCUT2D eigenvalue weighted by Gasteiger charge is 2.37. The SMILES string of the molecule is C=CCOc1ccc2ccccc2c1/C=C1/C(=O)NC(=O)N(c2ccc(OCCCC)cc2)C1=O. The number of amides is 4. The second-order valence-corrected chi connectivity index (χ2v) is 7.95. The molecule has 0 aliphatic carbocycles. The van der Waals surface area contributed by atoms with Crippen molar-refractivity contribution in [3.63, 3.8) is 0 Å². The number of barbiturate groups is 1. The predicted molar refractivity (Wildman–Crippen MR) is 135 cm³/mol. The molecule has 3 aromatic carbocycles. The molecule has 0 aromatic heterocycles. The molecule has 1 heterocycles. The van der Waals surface area contributed by atoms with Crippen molar-refractivity contribution in [2.75, 3.05) is 18.1 Å². The van der Waals surface area contributed by atoms with Gasteiger partial charge >= 0.3 is 6.03 Å². The number of imide groups is 2. The molecule has 0 spiro atoms. The highest BCUT2D eigenvalue weighted by Crippen LogP contribution is 2.32. The summed E-state index contributed by atoms with van der Waals surface area (Å²) in [5.74, 6) is -0.355. The van der Waals surface area contributed by atoms with Gasteiger partial charge in [-0.1, -0.05) is 56.3 Å². The zero-order valence-corrected chi connectivity index (χ0v) is 19.5. The van der Waals surface area contributed by atoms with Crippen LogP contribution in [-0.4, -0.2) is 31.1 Å². The van der Waals surface area contributed by atoms with Gasteiger partial charge in [0.25, 0.3) is 11.8 Å². The van der Waals surface area contributed by atoms with Crippen LogP contribution in [0, 0.1) is 0 Å². The van der Waals surface area contributed by atoms with Gasteiger partial charge < -0.3 is 9.47 Å². The van der Waals surface area contributed by atoms with E-state index in [1.165, 1.54) is 6.08 Å². The summed E-state index contributed by atoms with van der Waals surface area (Å²) < 4.78 is 11.4. The van der Waals surface area contributed by atoms with Gasteiger partial charge in [-0.25, -0.2) is 9.69 Å². The molecule has 7 heteroatoms. The number of nitrogens with one attached hydrogen (secondary N) is 1. The zero-order valence-electron chi connectivity index (χ0n) is 19.5. The molecule has 35 heavy (non-hydrogen) atoms. The summed E-state index contributed by atoms with van der Waals surface area (Å²) >= 11 is 0. The Kier molecular flexibility index (Phi) is 7.26. The minimum absolute atomic E-state index is 0.173. The average Bonchev–Trinajstić information content (AvgIpc) is 2.86. The lowest BCUT2D eigenvalue weighted by molar-refractivity contribution is -0.122. The van der Waals surface area contributed by atoms with Crippen LogP contribution in [0.15, 0.2) is 78.9 Å². The van der Waals surface area contributed by atoms with Gasteiger partial charge in [-0.15, -0.1) is 0 Å². The summed E-state index contributed by atoms with van der Waals surface area (Å²) in [7, 11) is 0. The monoisotopic (exact) mass is 470 g/mol. The first-order valence-electron chi connectivity index (χ1n) is 11.4. The number of hydrogen-bond donors (Lipinski definition) is 1. The fourth-order valence-corrected chi connectivity index (χ4v) is 3.76. The van der Waals surface area contributed by atoms with Crippen LogP contribution in [0.3, 0.4) is 0 Å². The normalized spacial score (nSPS) is 14.8. The third-order valence-electron chi connectivity index (χ3n) is 5.54. The Morgan fingerprint density at radius 2 is 1.74 bits per heavy atom. The summed E-state index contributed by atoms with van der Waals surface area (Å²) in [5.41, 5.74) is 0.722. The Balaban J connectivity index is 1.72. The van der Waals surface area contributed by atoms with Crippen LogP contribution in [0.25, 0.3) is 16.8 Å². The molecule has 0 bridgehead atoms. The van der Waals surface area contributed by atoms with Crippen molar-refractivity contribution in [1.82, 2.24) is 5.32 Å². The minimum atomic E-state index is -0.808. The largest absolute Gasteiger partial charge is 0.494 e. The molecule has 1 fully saturated rings. The maximum absolute atomic E-state index is 13.4. The van der Waals surface area contributed by atoms with E-state index in [1.807, 2.05) is 30.3 Å². The summed E-state index contributed by atoms with van der Waals surface area (Å²) in [6, 6.07) is 17.1. The maximum atomic E-state index is 13.4. The molecule has 0 saturated carbocycles. The molecular formula is C28H26N2O5. The van der Waals surface area contributed by atoms with Gasteiger partial charge in [0.15, 0.2) is 0 Å². The number of unbranched alkanes of at least 4 members (excludes halogenated alkanes) is 1. The molecule has 1 N–H and O–H groups in total. The number of carbonyl (C=O) groups excluding carboxylic acids is 3. The molecule has 4 amide bonds. The van der Waals surface area contributed by atoms with E-state index in [9.17, 15) is 14.4 Å². The van der Waals surface area contributed by atoms with Gasteiger partial charge in [-0.3, -0.25) is 14.9 Å². The highest BCUT2D eigenvalue weighted by atomic mass is 16.5. The lowest BCUT2D eigenvalue weighted by Crippen LogP contribution is -2.54. The van der Waals surface area contributed by atoms with Crippen molar-refractivity contribution in [2.24, 2.45) is 0 Å². The number of benzene rings is 3. The number of fused-ring (bicyclic) bond motifs is 1. The molecule has 0 radical (unpaired) electrons. The van der Waals surface area contributed by atoms with Crippen LogP contribution in [0.2, 0.25) is 0 Å². The fourth-order valence-electron chi connectivity index (χ4n) is 3.76. The number of ether oxygens (including phenoxy) is 2. The van der Waals surface area contributed by atoms with Gasteiger partial charge in [0.2, 0.25) is 0 Å². The molecule has 1 saturated heterocycles. The van der Waals surface area contributed by atoms with E-state index >= 15 is 0 Å².